The molecule has 1 atom stereocenters. The molecule has 2 heterocycles. The molecule has 2 rings (SSSR count). The molecule has 0 spiro atoms. The quantitative estimate of drug-likeness (QED) is 0.478. The fourth-order valence-electron chi connectivity index (χ4n) is 2.83. The topological polar surface area (TPSA) is 59.3 Å². The zero-order valence-electron chi connectivity index (χ0n) is 11.7. The summed E-state index contributed by atoms with van der Waals surface area (Å²) in [5.74, 6) is 1.39. The number of rotatable bonds is 4. The van der Waals surface area contributed by atoms with Crippen LogP contribution in [-0.4, -0.2) is 23.0 Å². The Morgan fingerprint density at radius 1 is 1.45 bits per heavy atom. The highest BCUT2D eigenvalue weighted by Gasteiger charge is 2.20. The van der Waals surface area contributed by atoms with E-state index in [4.69, 9.17) is 11.6 Å². The van der Waals surface area contributed by atoms with Crippen molar-refractivity contribution in [1.29, 1.82) is 0 Å². The molecule has 0 radical (unpaired) electrons. The molecular formula is C14H20ClN3O2. The van der Waals surface area contributed by atoms with Crippen molar-refractivity contribution in [2.75, 3.05) is 18.0 Å². The Labute approximate surface area is 124 Å². The lowest BCUT2D eigenvalue weighted by molar-refractivity contribution is -0.384. The summed E-state index contributed by atoms with van der Waals surface area (Å²) in [7, 11) is 0. The second-order valence-corrected chi connectivity index (χ2v) is 5.72. The van der Waals surface area contributed by atoms with Crippen molar-refractivity contribution in [3.63, 3.8) is 0 Å². The van der Waals surface area contributed by atoms with Crippen LogP contribution in [0.1, 0.15) is 39.0 Å². The highest BCUT2D eigenvalue weighted by Crippen LogP contribution is 2.27. The molecule has 1 saturated heterocycles. The number of hydrogen-bond donors (Lipinski definition) is 0. The van der Waals surface area contributed by atoms with Crippen molar-refractivity contribution in [2.24, 2.45) is 5.92 Å². The molecule has 1 fully saturated rings. The van der Waals surface area contributed by atoms with E-state index in [2.05, 4.69) is 16.8 Å². The molecule has 1 unspecified atom stereocenters. The second kappa shape index (κ2) is 6.88. The van der Waals surface area contributed by atoms with E-state index in [1.165, 1.54) is 31.4 Å². The van der Waals surface area contributed by atoms with Gasteiger partial charge in [-0.05, 0) is 25.2 Å². The zero-order valence-corrected chi connectivity index (χ0v) is 12.5. The summed E-state index contributed by atoms with van der Waals surface area (Å²) in [5.41, 5.74) is 0.00866. The number of anilines is 1. The Hall–Kier alpha value is -1.36. The number of halogens is 1. The number of pyridine rings is 1. The van der Waals surface area contributed by atoms with Gasteiger partial charge in [-0.3, -0.25) is 10.1 Å². The summed E-state index contributed by atoms with van der Waals surface area (Å²) in [4.78, 5) is 16.8. The van der Waals surface area contributed by atoms with Gasteiger partial charge in [0.1, 0.15) is 11.0 Å². The van der Waals surface area contributed by atoms with Gasteiger partial charge < -0.3 is 4.90 Å². The predicted octanol–water partition coefficient (Wildman–Crippen LogP) is 4.05. The van der Waals surface area contributed by atoms with Crippen LogP contribution in [-0.2, 0) is 0 Å². The Morgan fingerprint density at radius 3 is 2.95 bits per heavy atom. The molecule has 1 aromatic rings. The minimum atomic E-state index is -0.422. The SMILES string of the molecule is CCCC1CCCN(c2cc([N+](=O)[O-])cc(Cl)n2)CC1. The first-order chi connectivity index (χ1) is 9.60. The monoisotopic (exact) mass is 297 g/mol. The number of hydrogen-bond acceptors (Lipinski definition) is 4. The van der Waals surface area contributed by atoms with Crippen LogP contribution < -0.4 is 4.90 Å². The van der Waals surface area contributed by atoms with Crippen molar-refractivity contribution in [3.05, 3.63) is 27.4 Å². The van der Waals surface area contributed by atoms with Crippen LogP contribution >= 0.6 is 11.6 Å². The van der Waals surface area contributed by atoms with E-state index in [9.17, 15) is 10.1 Å². The van der Waals surface area contributed by atoms with Crippen LogP contribution in [0.3, 0.4) is 0 Å². The molecule has 1 aliphatic heterocycles. The first-order valence-electron chi connectivity index (χ1n) is 7.17. The Bertz CT molecular complexity index is 481. The van der Waals surface area contributed by atoms with E-state index in [1.54, 1.807) is 0 Å². The summed E-state index contributed by atoms with van der Waals surface area (Å²) < 4.78 is 0. The Balaban J connectivity index is 2.13. The summed E-state index contributed by atoms with van der Waals surface area (Å²) in [6, 6.07) is 2.81. The van der Waals surface area contributed by atoms with E-state index >= 15 is 0 Å². The highest BCUT2D eigenvalue weighted by molar-refractivity contribution is 6.29. The standard InChI is InChI=1S/C14H20ClN3O2/c1-2-4-11-5-3-7-17(8-6-11)14-10-12(18(19)20)9-13(15)16-14/h9-11H,2-8H2,1H3. The molecule has 110 valence electrons. The van der Waals surface area contributed by atoms with Crippen molar-refractivity contribution in [2.45, 2.75) is 39.0 Å². The van der Waals surface area contributed by atoms with Gasteiger partial charge in [0.25, 0.3) is 5.69 Å². The lowest BCUT2D eigenvalue weighted by Crippen LogP contribution is -2.25. The molecular weight excluding hydrogens is 278 g/mol. The fourth-order valence-corrected chi connectivity index (χ4v) is 3.03. The number of aromatic nitrogens is 1. The molecule has 1 aliphatic rings. The molecule has 20 heavy (non-hydrogen) atoms. The van der Waals surface area contributed by atoms with Crippen LogP contribution in [0.5, 0.6) is 0 Å². The minimum absolute atomic E-state index is 0.00866. The zero-order chi connectivity index (χ0) is 14.5. The summed E-state index contributed by atoms with van der Waals surface area (Å²) in [6.45, 7) is 4.00. The van der Waals surface area contributed by atoms with E-state index in [0.717, 1.165) is 31.8 Å². The average Bonchev–Trinajstić information content (AvgIpc) is 2.64. The van der Waals surface area contributed by atoms with Gasteiger partial charge >= 0.3 is 0 Å². The average molecular weight is 298 g/mol. The first kappa shape index (κ1) is 15.0. The summed E-state index contributed by atoms with van der Waals surface area (Å²) in [6.07, 6.45) is 5.93. The number of nitrogens with zero attached hydrogens (tertiary/aromatic N) is 3. The van der Waals surface area contributed by atoms with Crippen molar-refractivity contribution in [1.82, 2.24) is 4.98 Å². The molecule has 1 aromatic heterocycles. The van der Waals surface area contributed by atoms with Crippen LogP contribution in [0.25, 0.3) is 0 Å². The summed E-state index contributed by atoms with van der Waals surface area (Å²) >= 11 is 5.89. The molecule has 0 aliphatic carbocycles. The maximum Gasteiger partial charge on any atom is 0.276 e. The van der Waals surface area contributed by atoms with E-state index in [-0.39, 0.29) is 10.8 Å². The van der Waals surface area contributed by atoms with Crippen LogP contribution in [0.4, 0.5) is 11.5 Å². The van der Waals surface area contributed by atoms with Crippen molar-refractivity contribution < 1.29 is 4.92 Å². The molecule has 0 amide bonds. The molecule has 0 bridgehead atoms. The van der Waals surface area contributed by atoms with Gasteiger partial charge in [0.05, 0.1) is 17.1 Å². The second-order valence-electron chi connectivity index (χ2n) is 5.34. The maximum absolute atomic E-state index is 10.9. The molecule has 0 aromatic carbocycles. The van der Waals surface area contributed by atoms with E-state index in [1.807, 2.05) is 0 Å². The Morgan fingerprint density at radius 2 is 2.25 bits per heavy atom. The third-order valence-electron chi connectivity index (χ3n) is 3.84. The fraction of sp³-hybridized carbons (Fsp3) is 0.643. The van der Waals surface area contributed by atoms with Gasteiger partial charge in [0, 0.05) is 13.1 Å². The third kappa shape index (κ3) is 3.82. The Kier molecular flexibility index (Phi) is 5.17. The largest absolute Gasteiger partial charge is 0.356 e. The van der Waals surface area contributed by atoms with Crippen LogP contribution in [0.2, 0.25) is 5.15 Å². The summed E-state index contributed by atoms with van der Waals surface area (Å²) in [5, 5.41) is 11.1. The first-order valence-corrected chi connectivity index (χ1v) is 7.55. The van der Waals surface area contributed by atoms with Gasteiger partial charge in [-0.15, -0.1) is 0 Å². The predicted molar refractivity (Wildman–Crippen MR) is 80.4 cm³/mol. The van der Waals surface area contributed by atoms with Gasteiger partial charge in [0.15, 0.2) is 0 Å². The lowest BCUT2D eigenvalue weighted by Gasteiger charge is -2.21. The van der Waals surface area contributed by atoms with Crippen LogP contribution in [0, 0.1) is 16.0 Å². The van der Waals surface area contributed by atoms with Crippen molar-refractivity contribution >= 4 is 23.1 Å². The van der Waals surface area contributed by atoms with Gasteiger partial charge in [-0.25, -0.2) is 4.98 Å². The van der Waals surface area contributed by atoms with Gasteiger partial charge in [0.2, 0.25) is 0 Å². The molecule has 6 heteroatoms. The molecule has 0 N–H and O–H groups in total. The number of nitro groups is 1. The molecule has 5 nitrogen and oxygen atoms in total. The highest BCUT2D eigenvalue weighted by atomic mass is 35.5. The van der Waals surface area contributed by atoms with E-state index in [0.29, 0.717) is 5.82 Å². The van der Waals surface area contributed by atoms with Gasteiger partial charge in [-0.2, -0.15) is 0 Å². The maximum atomic E-state index is 10.9. The normalized spacial score (nSPS) is 19.7. The van der Waals surface area contributed by atoms with Crippen LogP contribution in [0.15, 0.2) is 12.1 Å². The molecule has 0 saturated carbocycles. The smallest absolute Gasteiger partial charge is 0.276 e. The van der Waals surface area contributed by atoms with E-state index < -0.39 is 4.92 Å². The third-order valence-corrected chi connectivity index (χ3v) is 4.04. The van der Waals surface area contributed by atoms with Crippen molar-refractivity contribution in [3.8, 4) is 0 Å². The minimum Gasteiger partial charge on any atom is -0.356 e. The van der Waals surface area contributed by atoms with Gasteiger partial charge in [-0.1, -0.05) is 31.4 Å². The lowest BCUT2D eigenvalue weighted by atomic mass is 9.96.